The van der Waals surface area contributed by atoms with Crippen molar-refractivity contribution in [2.45, 2.75) is 65.8 Å². The van der Waals surface area contributed by atoms with Gasteiger partial charge in [-0.2, -0.15) is 0 Å². The van der Waals surface area contributed by atoms with Gasteiger partial charge in [0.1, 0.15) is 5.82 Å². The lowest BCUT2D eigenvalue weighted by Gasteiger charge is -2.33. The first-order valence-electron chi connectivity index (χ1n) is 11.9. The lowest BCUT2D eigenvalue weighted by molar-refractivity contribution is -0.134. The molecule has 0 spiro atoms. The van der Waals surface area contributed by atoms with Gasteiger partial charge in [-0.1, -0.05) is 63.9 Å². The molecule has 0 N–H and O–H groups in total. The van der Waals surface area contributed by atoms with Gasteiger partial charge < -0.3 is 4.90 Å². The molecule has 0 fully saturated rings. The second kappa shape index (κ2) is 11.5. The molecule has 0 saturated carbocycles. The number of nitrogens with zero attached hydrogens (tertiary/aromatic N) is 3. The van der Waals surface area contributed by atoms with Gasteiger partial charge in [0.05, 0.1) is 22.6 Å². The number of rotatable bonds is 10. The molecule has 0 aliphatic rings. The van der Waals surface area contributed by atoms with Crippen molar-refractivity contribution in [2.75, 3.05) is 6.54 Å². The van der Waals surface area contributed by atoms with Crippen LogP contribution < -0.4 is 5.56 Å². The minimum Gasteiger partial charge on any atom is -0.332 e. The average Bonchev–Trinajstić information content (AvgIpc) is 2.80. The summed E-state index contributed by atoms with van der Waals surface area (Å²) in [6.07, 6.45) is 3.85. The molecule has 1 amide bonds. The maximum Gasteiger partial charge on any atom is 0.266 e. The first-order valence-corrected chi connectivity index (χ1v) is 12.3. The van der Waals surface area contributed by atoms with E-state index in [0.29, 0.717) is 52.7 Å². The largest absolute Gasteiger partial charge is 0.332 e. The highest BCUT2D eigenvalue weighted by atomic mass is 35.5. The van der Waals surface area contributed by atoms with Crippen LogP contribution in [0.3, 0.4) is 0 Å². The quantitative estimate of drug-likeness (QED) is 0.339. The number of carbonyl (C=O) groups excluding carboxylic acids is 1. The topological polar surface area (TPSA) is 55.2 Å². The maximum absolute atomic E-state index is 13.7. The number of carbonyl (C=O) groups is 1. The van der Waals surface area contributed by atoms with Crippen molar-refractivity contribution in [1.82, 2.24) is 14.5 Å². The molecule has 6 heteroatoms. The van der Waals surface area contributed by atoms with Crippen LogP contribution >= 0.6 is 11.6 Å². The number of para-hydroxylation sites is 1. The molecule has 2 aromatic carbocycles. The molecule has 3 aromatic rings. The molecule has 0 aliphatic heterocycles. The molecule has 33 heavy (non-hydrogen) atoms. The molecular formula is C27H34ClN3O2. The number of halogens is 1. The van der Waals surface area contributed by atoms with Gasteiger partial charge in [0.15, 0.2) is 0 Å². The Balaban J connectivity index is 2.23. The van der Waals surface area contributed by atoms with Gasteiger partial charge in [0.2, 0.25) is 5.91 Å². The van der Waals surface area contributed by atoms with Crippen molar-refractivity contribution < 1.29 is 4.79 Å². The number of fused-ring (bicyclic) bond motifs is 1. The van der Waals surface area contributed by atoms with E-state index in [1.807, 2.05) is 42.2 Å². The Bertz CT molecular complexity index is 1160. The van der Waals surface area contributed by atoms with E-state index in [1.165, 1.54) is 0 Å². The Kier molecular flexibility index (Phi) is 8.67. The van der Waals surface area contributed by atoms with Crippen molar-refractivity contribution in [3.05, 3.63) is 69.7 Å². The zero-order valence-electron chi connectivity index (χ0n) is 20.1. The average molecular weight is 468 g/mol. The summed E-state index contributed by atoms with van der Waals surface area (Å²) in [4.78, 5) is 33.9. The van der Waals surface area contributed by atoms with E-state index in [2.05, 4.69) is 20.8 Å². The van der Waals surface area contributed by atoms with E-state index in [1.54, 1.807) is 22.8 Å². The third-order valence-corrected chi connectivity index (χ3v) is 6.18. The first kappa shape index (κ1) is 25.0. The highest BCUT2D eigenvalue weighted by Crippen LogP contribution is 2.28. The van der Waals surface area contributed by atoms with Crippen molar-refractivity contribution in [1.29, 1.82) is 0 Å². The molecule has 0 radical (unpaired) electrons. The summed E-state index contributed by atoms with van der Waals surface area (Å²) in [6, 6.07) is 14.3. The third kappa shape index (κ3) is 5.83. The second-order valence-corrected chi connectivity index (χ2v) is 9.34. The zero-order chi connectivity index (χ0) is 24.0. The zero-order valence-corrected chi connectivity index (χ0v) is 20.8. The lowest BCUT2D eigenvalue weighted by Crippen LogP contribution is -2.39. The van der Waals surface area contributed by atoms with Gasteiger partial charge in [-0.15, -0.1) is 0 Å². The molecule has 1 atom stereocenters. The van der Waals surface area contributed by atoms with Gasteiger partial charge in [0.25, 0.3) is 5.56 Å². The van der Waals surface area contributed by atoms with Gasteiger partial charge in [-0.25, -0.2) is 4.98 Å². The molecule has 1 aromatic heterocycles. The minimum absolute atomic E-state index is 0.115. The molecule has 0 aliphatic carbocycles. The fraction of sp³-hybridized carbons (Fsp3) is 0.444. The second-order valence-electron chi connectivity index (χ2n) is 8.90. The summed E-state index contributed by atoms with van der Waals surface area (Å²) in [5.41, 5.74) is 1.14. The molecule has 1 unspecified atom stereocenters. The smallest absolute Gasteiger partial charge is 0.266 e. The fourth-order valence-corrected chi connectivity index (χ4v) is 4.29. The van der Waals surface area contributed by atoms with Crippen LogP contribution in [0.5, 0.6) is 0 Å². The number of aromatic nitrogens is 2. The van der Waals surface area contributed by atoms with Crippen LogP contribution in [0.15, 0.2) is 53.3 Å². The maximum atomic E-state index is 13.7. The third-order valence-electron chi connectivity index (χ3n) is 5.94. The van der Waals surface area contributed by atoms with E-state index in [4.69, 9.17) is 16.6 Å². The highest BCUT2D eigenvalue weighted by molar-refractivity contribution is 6.30. The fourth-order valence-electron chi connectivity index (χ4n) is 4.10. The van der Waals surface area contributed by atoms with Crippen molar-refractivity contribution in [3.63, 3.8) is 0 Å². The van der Waals surface area contributed by atoms with Gasteiger partial charge in [-0.05, 0) is 55.5 Å². The lowest BCUT2D eigenvalue weighted by atomic mass is 10.1. The molecular weight excluding hydrogens is 434 g/mol. The molecule has 0 bridgehead atoms. The number of hydrogen-bond acceptors (Lipinski definition) is 3. The molecule has 0 saturated heterocycles. The van der Waals surface area contributed by atoms with E-state index >= 15 is 0 Å². The summed E-state index contributed by atoms with van der Waals surface area (Å²) in [5, 5.41) is 1.09. The van der Waals surface area contributed by atoms with Crippen LogP contribution in [-0.4, -0.2) is 26.9 Å². The normalized spacial score (nSPS) is 12.3. The Morgan fingerprint density at radius 3 is 2.55 bits per heavy atom. The molecule has 176 valence electrons. The summed E-state index contributed by atoms with van der Waals surface area (Å²) in [6.45, 7) is 9.09. The van der Waals surface area contributed by atoms with Crippen molar-refractivity contribution in [2.24, 2.45) is 5.92 Å². The van der Waals surface area contributed by atoms with E-state index in [9.17, 15) is 9.59 Å². The van der Waals surface area contributed by atoms with E-state index in [0.717, 1.165) is 19.3 Å². The van der Waals surface area contributed by atoms with Crippen LogP contribution in [0.25, 0.3) is 16.6 Å². The Hall–Kier alpha value is -2.66. The van der Waals surface area contributed by atoms with Crippen LogP contribution in [-0.2, 0) is 4.79 Å². The van der Waals surface area contributed by atoms with Crippen molar-refractivity contribution >= 4 is 28.4 Å². The van der Waals surface area contributed by atoms with Crippen molar-refractivity contribution in [3.8, 4) is 5.69 Å². The van der Waals surface area contributed by atoms with Crippen LogP contribution in [0.4, 0.5) is 0 Å². The summed E-state index contributed by atoms with van der Waals surface area (Å²) >= 11 is 6.29. The first-order chi connectivity index (χ1) is 15.9. The predicted molar refractivity (Wildman–Crippen MR) is 136 cm³/mol. The summed E-state index contributed by atoms with van der Waals surface area (Å²) in [5.74, 6) is 1.16. The minimum atomic E-state index is -0.315. The monoisotopic (exact) mass is 467 g/mol. The van der Waals surface area contributed by atoms with E-state index in [-0.39, 0.29) is 17.5 Å². The van der Waals surface area contributed by atoms with Gasteiger partial charge in [-0.3, -0.25) is 14.2 Å². The Morgan fingerprint density at radius 2 is 1.88 bits per heavy atom. The number of benzene rings is 2. The highest BCUT2D eigenvalue weighted by Gasteiger charge is 2.28. The van der Waals surface area contributed by atoms with E-state index < -0.39 is 0 Å². The molecule has 3 rings (SSSR count). The van der Waals surface area contributed by atoms with Crippen LogP contribution in [0.1, 0.15) is 71.7 Å². The molecule has 1 heterocycles. The summed E-state index contributed by atoms with van der Waals surface area (Å²) < 4.78 is 1.64. The van der Waals surface area contributed by atoms with Gasteiger partial charge in [0, 0.05) is 18.0 Å². The SMILES string of the molecule is CCCCC(=O)N(CCC(C)C)C(CC)c1nc2ccccc2c(=O)n1-c1cccc(Cl)c1. The standard InChI is InChI=1S/C27H34ClN3O2/c1-5-7-15-25(32)30(17-16-19(3)4)24(6-2)26-29-23-14-9-8-13-22(23)27(33)31(26)21-12-10-11-20(28)18-21/h8-14,18-19,24H,5-7,15-17H2,1-4H3. The Labute approximate surface area is 201 Å². The number of unbranched alkanes of at least 4 members (excludes halogenated alkanes) is 1. The van der Waals surface area contributed by atoms with Gasteiger partial charge >= 0.3 is 0 Å². The molecule has 5 nitrogen and oxygen atoms in total. The van der Waals surface area contributed by atoms with Crippen LogP contribution in [0.2, 0.25) is 5.02 Å². The Morgan fingerprint density at radius 1 is 1.12 bits per heavy atom. The number of amides is 1. The summed E-state index contributed by atoms with van der Waals surface area (Å²) in [7, 11) is 0. The van der Waals surface area contributed by atoms with Crippen LogP contribution in [0, 0.1) is 5.92 Å². The number of hydrogen-bond donors (Lipinski definition) is 0. The predicted octanol–water partition coefficient (Wildman–Crippen LogP) is 6.56.